The van der Waals surface area contributed by atoms with Crippen molar-refractivity contribution in [2.24, 2.45) is 5.84 Å². The van der Waals surface area contributed by atoms with Gasteiger partial charge in [-0.3, -0.25) is 15.2 Å². The molecule has 0 aliphatic heterocycles. The molecule has 2 aromatic heterocycles. The van der Waals surface area contributed by atoms with Gasteiger partial charge in [-0.2, -0.15) is 5.10 Å². The Bertz CT molecular complexity index is 529. The van der Waals surface area contributed by atoms with Crippen molar-refractivity contribution in [1.82, 2.24) is 25.1 Å². The number of nitrogen functional groups attached to an aromatic ring is 1. The highest BCUT2D eigenvalue weighted by Gasteiger charge is 2.23. The lowest BCUT2D eigenvalue weighted by Crippen LogP contribution is -2.12. The molecule has 0 aliphatic rings. The Hall–Kier alpha value is -2.27. The molecular weight excluding hydrogens is 248 g/mol. The summed E-state index contributed by atoms with van der Waals surface area (Å²) in [4.78, 5) is 21.6. The van der Waals surface area contributed by atoms with Crippen LogP contribution in [0.4, 0.5) is 11.5 Å². The topological polar surface area (TPSA) is 149 Å². The van der Waals surface area contributed by atoms with E-state index in [1.165, 1.54) is 12.7 Å². The van der Waals surface area contributed by atoms with Crippen LogP contribution >= 0.6 is 11.8 Å². The largest absolute Gasteiger partial charge is 0.345 e. The zero-order valence-electron chi connectivity index (χ0n) is 8.19. The number of anilines is 1. The maximum atomic E-state index is 10.9. The minimum Gasteiger partial charge on any atom is -0.303 e. The molecule has 0 aromatic carbocycles. The second-order valence-corrected chi connectivity index (χ2v) is 3.65. The molecule has 2 rings (SSSR count). The van der Waals surface area contributed by atoms with E-state index in [0.29, 0.717) is 5.16 Å². The third-order valence-corrected chi connectivity index (χ3v) is 2.58. The molecule has 11 heteroatoms. The van der Waals surface area contributed by atoms with Crippen molar-refractivity contribution in [2.75, 3.05) is 5.43 Å². The number of aromatic nitrogens is 5. The molecule has 0 bridgehead atoms. The van der Waals surface area contributed by atoms with E-state index < -0.39 is 4.92 Å². The lowest BCUT2D eigenvalue weighted by Gasteiger charge is -2.03. The number of aromatic amines is 1. The third-order valence-electron chi connectivity index (χ3n) is 1.69. The maximum absolute atomic E-state index is 10.9. The van der Waals surface area contributed by atoms with Crippen LogP contribution < -0.4 is 11.3 Å². The third kappa shape index (κ3) is 2.29. The molecule has 0 saturated carbocycles. The minimum atomic E-state index is -0.617. The Morgan fingerprint density at radius 3 is 2.82 bits per heavy atom. The number of nitrogens with one attached hydrogen (secondary N) is 2. The molecule has 2 heterocycles. The first-order valence-corrected chi connectivity index (χ1v) is 5.03. The van der Waals surface area contributed by atoms with Gasteiger partial charge in [0.1, 0.15) is 12.7 Å². The molecule has 0 radical (unpaired) electrons. The molecule has 0 saturated heterocycles. The monoisotopic (exact) mass is 254 g/mol. The summed E-state index contributed by atoms with van der Waals surface area (Å²) in [5.41, 5.74) is 1.84. The number of hydrazine groups is 1. The van der Waals surface area contributed by atoms with E-state index in [9.17, 15) is 10.1 Å². The molecule has 88 valence electrons. The standard InChI is InChI=1S/C6H6N8O2S/c7-12-4-3(14(15)16)5(9-1-8-4)17-6-10-2-11-13-6/h1-2H,7H2,(H,8,9,12)(H,10,11,13). The van der Waals surface area contributed by atoms with Crippen molar-refractivity contribution in [3.63, 3.8) is 0 Å². The summed E-state index contributed by atoms with van der Waals surface area (Å²) < 4.78 is 0. The SMILES string of the molecule is NNc1ncnc(Sc2ncn[nH]2)c1[N+](=O)[O-]. The first-order chi connectivity index (χ1) is 8.22. The Kier molecular flexibility index (Phi) is 3.11. The van der Waals surface area contributed by atoms with Crippen molar-refractivity contribution >= 4 is 23.3 Å². The van der Waals surface area contributed by atoms with Crippen LogP contribution in [0.15, 0.2) is 22.8 Å². The number of H-pyrrole nitrogens is 1. The molecule has 4 N–H and O–H groups in total. The van der Waals surface area contributed by atoms with E-state index in [2.05, 4.69) is 30.6 Å². The highest BCUT2D eigenvalue weighted by Crippen LogP contribution is 2.34. The maximum Gasteiger partial charge on any atom is 0.345 e. The van der Waals surface area contributed by atoms with E-state index in [4.69, 9.17) is 5.84 Å². The molecular formula is C6H6N8O2S. The van der Waals surface area contributed by atoms with E-state index in [1.807, 2.05) is 0 Å². The zero-order valence-corrected chi connectivity index (χ0v) is 9.01. The van der Waals surface area contributed by atoms with Crippen LogP contribution in [0.25, 0.3) is 0 Å². The molecule has 0 spiro atoms. The van der Waals surface area contributed by atoms with Gasteiger partial charge in [0.05, 0.1) is 4.92 Å². The Morgan fingerprint density at radius 1 is 1.41 bits per heavy atom. The van der Waals surface area contributed by atoms with Crippen molar-refractivity contribution in [2.45, 2.75) is 10.2 Å². The second-order valence-electron chi connectivity index (χ2n) is 2.67. The van der Waals surface area contributed by atoms with E-state index >= 15 is 0 Å². The Balaban J connectivity index is 2.42. The molecule has 0 amide bonds. The van der Waals surface area contributed by atoms with Gasteiger partial charge in [-0.15, -0.1) is 0 Å². The van der Waals surface area contributed by atoms with Gasteiger partial charge in [-0.05, 0) is 11.8 Å². The smallest absolute Gasteiger partial charge is 0.303 e. The van der Waals surface area contributed by atoms with Gasteiger partial charge in [0, 0.05) is 0 Å². The molecule has 17 heavy (non-hydrogen) atoms. The zero-order chi connectivity index (χ0) is 12.3. The lowest BCUT2D eigenvalue weighted by molar-refractivity contribution is -0.387. The number of hydrogen-bond acceptors (Lipinski definition) is 9. The average molecular weight is 254 g/mol. The van der Waals surface area contributed by atoms with Crippen LogP contribution in [0, 0.1) is 10.1 Å². The molecule has 0 atom stereocenters. The minimum absolute atomic E-state index is 0.0629. The predicted molar refractivity (Wildman–Crippen MR) is 57.0 cm³/mol. The van der Waals surface area contributed by atoms with Crippen molar-refractivity contribution in [3.8, 4) is 0 Å². The Labute approximate surface area is 98.2 Å². The van der Waals surface area contributed by atoms with E-state index in [1.54, 1.807) is 0 Å². The molecule has 0 fully saturated rings. The predicted octanol–water partition coefficient (Wildman–Crippen LogP) is -0.0603. The highest BCUT2D eigenvalue weighted by atomic mass is 32.2. The lowest BCUT2D eigenvalue weighted by atomic mass is 10.5. The van der Waals surface area contributed by atoms with Gasteiger partial charge in [0.25, 0.3) is 0 Å². The van der Waals surface area contributed by atoms with E-state index in [0.717, 1.165) is 11.8 Å². The van der Waals surface area contributed by atoms with Crippen LogP contribution in [0.5, 0.6) is 0 Å². The average Bonchev–Trinajstić information content (AvgIpc) is 2.81. The number of hydrogen-bond donors (Lipinski definition) is 3. The van der Waals surface area contributed by atoms with Gasteiger partial charge in [0.15, 0.2) is 10.2 Å². The highest BCUT2D eigenvalue weighted by molar-refractivity contribution is 7.99. The van der Waals surface area contributed by atoms with E-state index in [-0.39, 0.29) is 16.5 Å². The normalized spacial score (nSPS) is 10.2. The van der Waals surface area contributed by atoms with Gasteiger partial charge < -0.3 is 5.43 Å². The van der Waals surface area contributed by atoms with Crippen LogP contribution in [0.2, 0.25) is 0 Å². The summed E-state index contributed by atoms with van der Waals surface area (Å²) in [6.45, 7) is 0. The van der Waals surface area contributed by atoms with Crippen LogP contribution in [-0.4, -0.2) is 30.1 Å². The fourth-order valence-electron chi connectivity index (χ4n) is 1.04. The quantitative estimate of drug-likeness (QED) is 0.295. The van der Waals surface area contributed by atoms with Crippen molar-refractivity contribution < 1.29 is 4.92 Å². The van der Waals surface area contributed by atoms with Gasteiger partial charge in [-0.25, -0.2) is 20.8 Å². The fourth-order valence-corrected chi connectivity index (χ4v) is 1.79. The summed E-state index contributed by atoms with van der Waals surface area (Å²) in [5, 5.41) is 17.6. The second kappa shape index (κ2) is 4.71. The van der Waals surface area contributed by atoms with Crippen LogP contribution in [-0.2, 0) is 0 Å². The van der Waals surface area contributed by atoms with Gasteiger partial charge in [0.2, 0.25) is 5.82 Å². The van der Waals surface area contributed by atoms with Crippen molar-refractivity contribution in [1.29, 1.82) is 0 Å². The first-order valence-electron chi connectivity index (χ1n) is 4.21. The van der Waals surface area contributed by atoms with Gasteiger partial charge in [-0.1, -0.05) is 0 Å². The summed E-state index contributed by atoms with van der Waals surface area (Å²) in [6.07, 6.45) is 2.46. The summed E-state index contributed by atoms with van der Waals surface area (Å²) in [6, 6.07) is 0. The molecule has 2 aromatic rings. The van der Waals surface area contributed by atoms with Crippen LogP contribution in [0.1, 0.15) is 0 Å². The first kappa shape index (κ1) is 11.2. The molecule has 0 unspecified atom stereocenters. The number of nitro groups is 1. The fraction of sp³-hybridized carbons (Fsp3) is 0. The van der Waals surface area contributed by atoms with Crippen molar-refractivity contribution in [3.05, 3.63) is 22.8 Å². The number of rotatable bonds is 4. The molecule has 0 aliphatic carbocycles. The number of nitrogens with two attached hydrogens (primary N) is 1. The molecule has 10 nitrogen and oxygen atoms in total. The number of nitrogens with zero attached hydrogens (tertiary/aromatic N) is 5. The summed E-state index contributed by atoms with van der Waals surface area (Å²) in [5.74, 6) is 5.08. The Morgan fingerprint density at radius 2 is 2.24 bits per heavy atom. The summed E-state index contributed by atoms with van der Waals surface area (Å²) in [7, 11) is 0. The van der Waals surface area contributed by atoms with Crippen LogP contribution in [0.3, 0.4) is 0 Å². The summed E-state index contributed by atoms with van der Waals surface area (Å²) >= 11 is 0.961. The van der Waals surface area contributed by atoms with Gasteiger partial charge >= 0.3 is 5.69 Å².